The normalized spacial score (nSPS) is 12.9. The van der Waals surface area contributed by atoms with E-state index in [1.54, 1.807) is 39.2 Å². The molecule has 0 aliphatic carbocycles. The third-order valence-corrected chi connectivity index (χ3v) is 3.01. The lowest BCUT2D eigenvalue weighted by atomic mass is 10.2. The Morgan fingerprint density at radius 2 is 1.88 bits per heavy atom. The molecular formula is C12H15N3O2. The Kier molecular flexibility index (Phi) is 2.85. The maximum atomic E-state index is 12.2. The van der Waals surface area contributed by atoms with E-state index in [0.717, 1.165) is 0 Å². The van der Waals surface area contributed by atoms with Crippen molar-refractivity contribution in [2.75, 3.05) is 7.05 Å². The van der Waals surface area contributed by atoms with Crippen LogP contribution in [0.3, 0.4) is 0 Å². The molecule has 0 saturated carbocycles. The van der Waals surface area contributed by atoms with Crippen LogP contribution < -0.4 is 16.6 Å². The molecule has 1 unspecified atom stereocenters. The number of hydrogen-bond donors (Lipinski definition) is 1. The van der Waals surface area contributed by atoms with Crippen LogP contribution in [0.15, 0.2) is 33.9 Å². The molecule has 1 aromatic heterocycles. The van der Waals surface area contributed by atoms with Crippen molar-refractivity contribution in [3.8, 4) is 0 Å². The zero-order chi connectivity index (χ0) is 12.6. The number of nitrogens with one attached hydrogen (secondary N) is 1. The highest BCUT2D eigenvalue weighted by Gasteiger charge is 2.13. The first-order chi connectivity index (χ1) is 8.07. The molecule has 1 N–H and O–H groups in total. The molecule has 0 fully saturated rings. The Labute approximate surface area is 98.3 Å². The number of rotatable bonds is 2. The molecule has 0 spiro atoms. The van der Waals surface area contributed by atoms with Crippen LogP contribution in [-0.2, 0) is 7.05 Å². The summed E-state index contributed by atoms with van der Waals surface area (Å²) in [5.74, 6) is 0. The Morgan fingerprint density at radius 3 is 2.53 bits per heavy atom. The third kappa shape index (κ3) is 1.68. The van der Waals surface area contributed by atoms with Gasteiger partial charge in [-0.2, -0.15) is 0 Å². The predicted octanol–water partition coefficient (Wildman–Crippen LogP) is 0.438. The minimum atomic E-state index is -0.328. The van der Waals surface area contributed by atoms with E-state index in [4.69, 9.17) is 0 Å². The molecule has 5 nitrogen and oxygen atoms in total. The SMILES string of the molecule is CNC(C)n1c(=O)c2ccccc2n(C)c1=O. The highest BCUT2D eigenvalue weighted by atomic mass is 16.2. The lowest BCUT2D eigenvalue weighted by Gasteiger charge is -2.15. The molecule has 0 bridgehead atoms. The fourth-order valence-corrected chi connectivity index (χ4v) is 1.90. The zero-order valence-electron chi connectivity index (χ0n) is 10.1. The molecule has 1 aromatic carbocycles. The van der Waals surface area contributed by atoms with E-state index < -0.39 is 0 Å². The second kappa shape index (κ2) is 4.18. The second-order valence-corrected chi connectivity index (χ2v) is 4.00. The van der Waals surface area contributed by atoms with Gasteiger partial charge in [0.1, 0.15) is 0 Å². The quantitative estimate of drug-likeness (QED) is 0.818. The van der Waals surface area contributed by atoms with E-state index in [-0.39, 0.29) is 17.4 Å². The smallest absolute Gasteiger partial charge is 0.300 e. The van der Waals surface area contributed by atoms with Gasteiger partial charge in [-0.3, -0.25) is 9.36 Å². The van der Waals surface area contributed by atoms with E-state index >= 15 is 0 Å². The molecule has 0 aliphatic heterocycles. The van der Waals surface area contributed by atoms with Crippen LogP contribution in [0.25, 0.3) is 10.9 Å². The van der Waals surface area contributed by atoms with Crippen molar-refractivity contribution in [3.05, 3.63) is 45.1 Å². The van der Waals surface area contributed by atoms with Crippen molar-refractivity contribution in [1.29, 1.82) is 0 Å². The van der Waals surface area contributed by atoms with Gasteiger partial charge in [-0.15, -0.1) is 0 Å². The summed E-state index contributed by atoms with van der Waals surface area (Å²) in [6.07, 6.45) is -0.328. The fourth-order valence-electron chi connectivity index (χ4n) is 1.90. The van der Waals surface area contributed by atoms with Gasteiger partial charge >= 0.3 is 5.69 Å². The van der Waals surface area contributed by atoms with Crippen LogP contribution in [0.4, 0.5) is 0 Å². The van der Waals surface area contributed by atoms with Gasteiger partial charge in [-0.25, -0.2) is 9.36 Å². The summed E-state index contributed by atoms with van der Waals surface area (Å²) in [6, 6.07) is 7.11. The van der Waals surface area contributed by atoms with E-state index in [1.165, 1.54) is 9.13 Å². The molecule has 1 atom stereocenters. The first kappa shape index (κ1) is 11.6. The number of benzene rings is 1. The van der Waals surface area contributed by atoms with Gasteiger partial charge in [0.25, 0.3) is 5.56 Å². The van der Waals surface area contributed by atoms with Crippen molar-refractivity contribution >= 4 is 10.9 Å². The number of hydrogen-bond acceptors (Lipinski definition) is 3. The molecule has 0 aliphatic rings. The summed E-state index contributed by atoms with van der Waals surface area (Å²) >= 11 is 0. The molecule has 0 radical (unpaired) electrons. The van der Waals surface area contributed by atoms with Gasteiger partial charge < -0.3 is 5.32 Å². The average molecular weight is 233 g/mol. The van der Waals surface area contributed by atoms with Crippen LogP contribution in [-0.4, -0.2) is 16.2 Å². The van der Waals surface area contributed by atoms with Crippen molar-refractivity contribution in [2.24, 2.45) is 7.05 Å². The standard InChI is InChI=1S/C12H15N3O2/c1-8(13-2)15-11(16)9-6-4-5-7-10(9)14(3)12(15)17/h4-8,13H,1-3H3. The first-order valence-corrected chi connectivity index (χ1v) is 5.45. The molecule has 90 valence electrons. The van der Waals surface area contributed by atoms with Crippen molar-refractivity contribution in [1.82, 2.24) is 14.5 Å². The van der Waals surface area contributed by atoms with Gasteiger partial charge in [0.05, 0.1) is 17.1 Å². The van der Waals surface area contributed by atoms with Gasteiger partial charge in [-0.1, -0.05) is 12.1 Å². The van der Waals surface area contributed by atoms with E-state index in [2.05, 4.69) is 5.32 Å². The van der Waals surface area contributed by atoms with E-state index in [1.807, 2.05) is 6.07 Å². The van der Waals surface area contributed by atoms with E-state index in [0.29, 0.717) is 10.9 Å². The van der Waals surface area contributed by atoms with Gasteiger partial charge in [0, 0.05) is 7.05 Å². The Bertz CT molecular complexity index is 669. The molecule has 1 heterocycles. The largest absolute Gasteiger partial charge is 0.332 e. The van der Waals surface area contributed by atoms with E-state index in [9.17, 15) is 9.59 Å². The van der Waals surface area contributed by atoms with Gasteiger partial charge in [-0.05, 0) is 26.1 Å². The topological polar surface area (TPSA) is 56.0 Å². The van der Waals surface area contributed by atoms with Crippen molar-refractivity contribution < 1.29 is 0 Å². The first-order valence-electron chi connectivity index (χ1n) is 5.45. The third-order valence-electron chi connectivity index (χ3n) is 3.01. The van der Waals surface area contributed by atoms with Crippen LogP contribution in [0.2, 0.25) is 0 Å². The maximum Gasteiger partial charge on any atom is 0.332 e. The summed E-state index contributed by atoms with van der Waals surface area (Å²) in [5.41, 5.74) is 0.0863. The predicted molar refractivity (Wildman–Crippen MR) is 67.2 cm³/mol. The minimum absolute atomic E-state index is 0.259. The zero-order valence-corrected chi connectivity index (χ0v) is 10.1. The lowest BCUT2D eigenvalue weighted by Crippen LogP contribution is -2.44. The van der Waals surface area contributed by atoms with Crippen LogP contribution in [0, 0.1) is 0 Å². The molecular weight excluding hydrogens is 218 g/mol. The molecule has 17 heavy (non-hydrogen) atoms. The Balaban J connectivity index is 2.97. The van der Waals surface area contributed by atoms with Gasteiger partial charge in [0.15, 0.2) is 0 Å². The molecule has 5 heteroatoms. The Morgan fingerprint density at radius 1 is 1.24 bits per heavy atom. The molecule has 2 aromatic rings. The number of fused-ring (bicyclic) bond motifs is 1. The Hall–Kier alpha value is -1.88. The number of aromatic nitrogens is 2. The van der Waals surface area contributed by atoms with Crippen LogP contribution in [0.5, 0.6) is 0 Å². The van der Waals surface area contributed by atoms with Crippen LogP contribution in [0.1, 0.15) is 13.1 Å². The average Bonchev–Trinajstić information content (AvgIpc) is 2.36. The summed E-state index contributed by atoms with van der Waals surface area (Å²) in [6.45, 7) is 1.78. The number of aryl methyl sites for hydroxylation is 1. The lowest BCUT2D eigenvalue weighted by molar-refractivity contribution is 0.437. The number of para-hydroxylation sites is 1. The highest BCUT2D eigenvalue weighted by Crippen LogP contribution is 2.06. The second-order valence-electron chi connectivity index (χ2n) is 4.00. The summed E-state index contributed by atoms with van der Waals surface area (Å²) < 4.78 is 2.72. The van der Waals surface area contributed by atoms with Crippen molar-refractivity contribution in [2.45, 2.75) is 13.1 Å². The summed E-state index contributed by atoms with van der Waals surface area (Å²) in [7, 11) is 3.38. The minimum Gasteiger partial charge on any atom is -0.300 e. The molecule has 2 rings (SSSR count). The fraction of sp³-hybridized carbons (Fsp3) is 0.333. The van der Waals surface area contributed by atoms with Crippen LogP contribution >= 0.6 is 0 Å². The van der Waals surface area contributed by atoms with Gasteiger partial charge in [0.2, 0.25) is 0 Å². The molecule has 0 amide bonds. The van der Waals surface area contributed by atoms with Crippen molar-refractivity contribution in [3.63, 3.8) is 0 Å². The number of nitrogens with zero attached hydrogens (tertiary/aromatic N) is 2. The highest BCUT2D eigenvalue weighted by molar-refractivity contribution is 5.77. The summed E-state index contributed by atoms with van der Waals surface area (Å²) in [5, 5.41) is 3.46. The summed E-state index contributed by atoms with van der Waals surface area (Å²) in [4.78, 5) is 24.3. The maximum absolute atomic E-state index is 12.2. The molecule has 0 saturated heterocycles. The monoisotopic (exact) mass is 233 g/mol.